The van der Waals surface area contributed by atoms with Gasteiger partial charge in [0.1, 0.15) is 12.1 Å². The van der Waals surface area contributed by atoms with Gasteiger partial charge in [0.15, 0.2) is 5.69 Å². The molecule has 1 aromatic carbocycles. The number of carboxylic acid groups (broad SMARTS) is 1. The SMILES string of the molecule is CC(C)(C)N(CCNC(=O)c1nocc1-c1cccc(F)c1)C(=O)O. The number of carbonyl (C=O) groups excluding carboxylic acids is 1. The van der Waals surface area contributed by atoms with E-state index < -0.39 is 23.4 Å². The molecule has 0 radical (unpaired) electrons. The molecule has 7 nitrogen and oxygen atoms in total. The Balaban J connectivity index is 2.06. The number of aromatic nitrogens is 1. The van der Waals surface area contributed by atoms with Crippen molar-refractivity contribution in [1.29, 1.82) is 0 Å². The van der Waals surface area contributed by atoms with E-state index in [0.29, 0.717) is 11.1 Å². The van der Waals surface area contributed by atoms with E-state index in [1.54, 1.807) is 26.8 Å². The van der Waals surface area contributed by atoms with Gasteiger partial charge < -0.3 is 19.8 Å². The highest BCUT2D eigenvalue weighted by atomic mass is 19.1. The van der Waals surface area contributed by atoms with E-state index in [1.807, 2.05) is 0 Å². The molecule has 0 aliphatic rings. The zero-order valence-electron chi connectivity index (χ0n) is 14.2. The summed E-state index contributed by atoms with van der Waals surface area (Å²) < 4.78 is 18.2. The molecule has 0 saturated carbocycles. The van der Waals surface area contributed by atoms with Crippen LogP contribution in [0, 0.1) is 5.82 Å². The number of hydrogen-bond acceptors (Lipinski definition) is 4. The molecule has 2 aromatic rings. The Kier molecular flexibility index (Phi) is 5.41. The molecular formula is C17H20FN3O4. The Labute approximate surface area is 144 Å². The van der Waals surface area contributed by atoms with Crippen LogP contribution in [0.15, 0.2) is 35.1 Å². The molecule has 2 rings (SSSR count). The zero-order chi connectivity index (χ0) is 18.6. The highest BCUT2D eigenvalue weighted by Gasteiger charge is 2.26. The van der Waals surface area contributed by atoms with E-state index in [2.05, 4.69) is 10.5 Å². The second-order valence-electron chi connectivity index (χ2n) is 6.45. The Bertz CT molecular complexity index is 767. The average Bonchev–Trinajstić information content (AvgIpc) is 2.99. The quantitative estimate of drug-likeness (QED) is 0.865. The lowest BCUT2D eigenvalue weighted by atomic mass is 10.1. The van der Waals surface area contributed by atoms with Gasteiger partial charge in [-0.3, -0.25) is 4.79 Å². The lowest BCUT2D eigenvalue weighted by molar-refractivity contribution is 0.0886. The van der Waals surface area contributed by atoms with Crippen molar-refractivity contribution in [3.05, 3.63) is 42.0 Å². The fourth-order valence-corrected chi connectivity index (χ4v) is 2.34. The summed E-state index contributed by atoms with van der Waals surface area (Å²) in [6.07, 6.45) is 0.200. The van der Waals surface area contributed by atoms with E-state index in [0.717, 1.165) is 0 Å². The molecule has 0 aliphatic heterocycles. The number of halogens is 1. The van der Waals surface area contributed by atoms with Crippen LogP contribution in [0.1, 0.15) is 31.3 Å². The zero-order valence-corrected chi connectivity index (χ0v) is 14.2. The van der Waals surface area contributed by atoms with Crippen LogP contribution in [-0.2, 0) is 0 Å². The second kappa shape index (κ2) is 7.33. The Morgan fingerprint density at radius 1 is 1.36 bits per heavy atom. The number of nitrogens with one attached hydrogen (secondary N) is 1. The number of carbonyl (C=O) groups is 2. The van der Waals surface area contributed by atoms with E-state index in [-0.39, 0.29) is 18.8 Å². The molecule has 0 fully saturated rings. The molecule has 0 atom stereocenters. The first-order valence-electron chi connectivity index (χ1n) is 7.69. The number of amides is 2. The van der Waals surface area contributed by atoms with Gasteiger partial charge in [-0.2, -0.15) is 0 Å². The maximum atomic E-state index is 13.4. The van der Waals surface area contributed by atoms with E-state index in [4.69, 9.17) is 4.52 Å². The van der Waals surface area contributed by atoms with Crippen LogP contribution in [0.25, 0.3) is 11.1 Å². The van der Waals surface area contributed by atoms with Gasteiger partial charge in [0, 0.05) is 18.6 Å². The van der Waals surface area contributed by atoms with Crippen LogP contribution in [0.3, 0.4) is 0 Å². The Hall–Kier alpha value is -2.90. The van der Waals surface area contributed by atoms with Gasteiger partial charge in [0.2, 0.25) is 0 Å². The predicted molar refractivity (Wildman–Crippen MR) is 88.7 cm³/mol. The van der Waals surface area contributed by atoms with Crippen LogP contribution in [-0.4, -0.2) is 45.8 Å². The first-order chi connectivity index (χ1) is 11.7. The lowest BCUT2D eigenvalue weighted by Crippen LogP contribution is -2.48. The van der Waals surface area contributed by atoms with Crippen LogP contribution < -0.4 is 5.32 Å². The van der Waals surface area contributed by atoms with Crippen molar-refractivity contribution in [1.82, 2.24) is 15.4 Å². The summed E-state index contributed by atoms with van der Waals surface area (Å²) in [4.78, 5) is 24.8. The summed E-state index contributed by atoms with van der Waals surface area (Å²) in [6, 6.07) is 5.73. The number of hydrogen-bond donors (Lipinski definition) is 2. The summed E-state index contributed by atoms with van der Waals surface area (Å²) in [5.41, 5.74) is 0.261. The van der Waals surface area contributed by atoms with Crippen LogP contribution in [0.4, 0.5) is 9.18 Å². The maximum Gasteiger partial charge on any atom is 0.407 e. The minimum Gasteiger partial charge on any atom is -0.465 e. The smallest absolute Gasteiger partial charge is 0.407 e. The maximum absolute atomic E-state index is 13.4. The van der Waals surface area contributed by atoms with Gasteiger partial charge in [0.25, 0.3) is 5.91 Å². The monoisotopic (exact) mass is 349 g/mol. The summed E-state index contributed by atoms with van der Waals surface area (Å²) in [7, 11) is 0. The number of nitrogens with zero attached hydrogens (tertiary/aromatic N) is 2. The minimum absolute atomic E-state index is 0.0169. The van der Waals surface area contributed by atoms with Crippen molar-refractivity contribution < 1.29 is 23.6 Å². The lowest BCUT2D eigenvalue weighted by Gasteiger charge is -2.33. The van der Waals surface area contributed by atoms with Gasteiger partial charge in [-0.15, -0.1) is 0 Å². The number of rotatable bonds is 5. The highest BCUT2D eigenvalue weighted by Crippen LogP contribution is 2.23. The first-order valence-corrected chi connectivity index (χ1v) is 7.69. The summed E-state index contributed by atoms with van der Waals surface area (Å²) in [5.74, 6) is -0.959. The van der Waals surface area contributed by atoms with Gasteiger partial charge in [-0.1, -0.05) is 17.3 Å². The molecule has 1 heterocycles. The molecule has 0 saturated heterocycles. The Morgan fingerprint density at radius 3 is 2.68 bits per heavy atom. The fourth-order valence-electron chi connectivity index (χ4n) is 2.34. The summed E-state index contributed by atoms with van der Waals surface area (Å²) in [5, 5.41) is 15.5. The highest BCUT2D eigenvalue weighted by molar-refractivity contribution is 5.98. The molecule has 134 valence electrons. The molecule has 0 bridgehead atoms. The second-order valence-corrected chi connectivity index (χ2v) is 6.45. The third-order valence-corrected chi connectivity index (χ3v) is 3.58. The molecule has 0 unspecified atom stereocenters. The van der Waals surface area contributed by atoms with Crippen molar-refractivity contribution in [3.63, 3.8) is 0 Å². The standard InChI is InChI=1S/C17H20FN3O4/c1-17(2,3)21(16(23)24)8-7-19-15(22)14-13(10-25-20-14)11-5-4-6-12(18)9-11/h4-6,9-10H,7-8H2,1-3H3,(H,19,22)(H,23,24). The molecule has 1 aromatic heterocycles. The molecule has 8 heteroatoms. The third kappa shape index (κ3) is 4.56. The van der Waals surface area contributed by atoms with Crippen LogP contribution >= 0.6 is 0 Å². The Morgan fingerprint density at radius 2 is 2.08 bits per heavy atom. The third-order valence-electron chi connectivity index (χ3n) is 3.58. The van der Waals surface area contributed by atoms with E-state index >= 15 is 0 Å². The van der Waals surface area contributed by atoms with Crippen molar-refractivity contribution in [2.75, 3.05) is 13.1 Å². The minimum atomic E-state index is -1.07. The molecular weight excluding hydrogens is 329 g/mol. The largest absolute Gasteiger partial charge is 0.465 e. The van der Waals surface area contributed by atoms with Gasteiger partial charge in [0.05, 0.1) is 5.56 Å². The number of benzene rings is 1. The fraction of sp³-hybridized carbons (Fsp3) is 0.353. The molecule has 25 heavy (non-hydrogen) atoms. The summed E-state index contributed by atoms with van der Waals surface area (Å²) >= 11 is 0. The molecule has 2 amide bonds. The van der Waals surface area contributed by atoms with Crippen LogP contribution in [0.2, 0.25) is 0 Å². The normalized spacial score (nSPS) is 11.2. The van der Waals surface area contributed by atoms with Crippen LogP contribution in [0.5, 0.6) is 0 Å². The van der Waals surface area contributed by atoms with Crippen molar-refractivity contribution in [2.24, 2.45) is 0 Å². The van der Waals surface area contributed by atoms with Gasteiger partial charge in [-0.05, 0) is 38.5 Å². The van der Waals surface area contributed by atoms with Crippen molar-refractivity contribution in [3.8, 4) is 11.1 Å². The predicted octanol–water partition coefficient (Wildman–Crippen LogP) is 2.99. The molecule has 0 spiro atoms. The molecule has 0 aliphatic carbocycles. The topological polar surface area (TPSA) is 95.7 Å². The molecule has 2 N–H and O–H groups in total. The summed E-state index contributed by atoms with van der Waals surface area (Å²) in [6.45, 7) is 5.53. The van der Waals surface area contributed by atoms with Gasteiger partial charge in [-0.25, -0.2) is 9.18 Å². The average molecular weight is 349 g/mol. The first kappa shape index (κ1) is 18.4. The van der Waals surface area contributed by atoms with E-state index in [9.17, 15) is 19.1 Å². The van der Waals surface area contributed by atoms with Crippen molar-refractivity contribution in [2.45, 2.75) is 26.3 Å². The van der Waals surface area contributed by atoms with E-state index in [1.165, 1.54) is 29.4 Å². The van der Waals surface area contributed by atoms with Gasteiger partial charge >= 0.3 is 6.09 Å². The van der Waals surface area contributed by atoms with Crippen molar-refractivity contribution >= 4 is 12.0 Å².